The lowest BCUT2D eigenvalue weighted by Crippen LogP contribution is -2.37. The van der Waals surface area contributed by atoms with Crippen LogP contribution in [0.5, 0.6) is 0 Å². The van der Waals surface area contributed by atoms with Gasteiger partial charge in [0.1, 0.15) is 0 Å². The third kappa shape index (κ3) is 4.51. The van der Waals surface area contributed by atoms with E-state index in [1.165, 1.54) is 11.1 Å². The zero-order valence-electron chi connectivity index (χ0n) is 10.5. The van der Waals surface area contributed by atoms with Gasteiger partial charge in [0, 0.05) is 22.9 Å². The van der Waals surface area contributed by atoms with Crippen molar-refractivity contribution in [1.82, 2.24) is 5.32 Å². The van der Waals surface area contributed by atoms with Crippen LogP contribution in [-0.4, -0.2) is 29.3 Å². The Balaban J connectivity index is 2.55. The highest BCUT2D eigenvalue weighted by Crippen LogP contribution is 2.16. The fourth-order valence-corrected chi connectivity index (χ4v) is 2.58. The van der Waals surface area contributed by atoms with Gasteiger partial charge in [0.05, 0.1) is 6.61 Å². The highest BCUT2D eigenvalue weighted by Gasteiger charge is 2.14. The molecule has 96 valence electrons. The van der Waals surface area contributed by atoms with Gasteiger partial charge in [-0.2, -0.15) is 11.8 Å². The Hall–Kier alpha value is -0.220. The molecule has 0 fully saturated rings. The average Bonchev–Trinajstić information content (AvgIpc) is 2.29. The van der Waals surface area contributed by atoms with Gasteiger partial charge in [-0.3, -0.25) is 0 Å². The normalized spacial score (nSPS) is 14.6. The molecule has 0 spiro atoms. The number of aryl methyl sites for hydroxylation is 1. The van der Waals surface area contributed by atoms with Gasteiger partial charge >= 0.3 is 0 Å². The zero-order chi connectivity index (χ0) is 12.8. The summed E-state index contributed by atoms with van der Waals surface area (Å²) in [6.45, 7) is 5.17. The summed E-state index contributed by atoms with van der Waals surface area (Å²) in [5.74, 6) is 0. The second-order valence-corrected chi connectivity index (χ2v) is 5.71. The minimum atomic E-state index is 0.203. The van der Waals surface area contributed by atoms with Gasteiger partial charge in [-0.25, -0.2) is 0 Å². The smallest absolute Gasteiger partial charge is 0.0564 e. The maximum absolute atomic E-state index is 9.21. The highest BCUT2D eigenvalue weighted by atomic mass is 35.5. The third-order valence-electron chi connectivity index (χ3n) is 2.96. The molecule has 0 aliphatic carbocycles. The van der Waals surface area contributed by atoms with Crippen LogP contribution in [0.25, 0.3) is 0 Å². The number of aliphatic hydroxyl groups excluding tert-OH is 1. The first kappa shape index (κ1) is 14.8. The van der Waals surface area contributed by atoms with Gasteiger partial charge in [-0.1, -0.05) is 17.7 Å². The van der Waals surface area contributed by atoms with Crippen LogP contribution in [0.4, 0.5) is 0 Å². The predicted octanol–water partition coefficient (Wildman–Crippen LogP) is 2.85. The molecule has 0 aliphatic rings. The van der Waals surface area contributed by atoms with Crippen LogP contribution in [0.15, 0.2) is 18.2 Å². The molecule has 1 aromatic carbocycles. The van der Waals surface area contributed by atoms with Crippen LogP contribution in [0.2, 0.25) is 5.02 Å². The molecule has 2 atom stereocenters. The van der Waals surface area contributed by atoms with Crippen molar-refractivity contribution in [3.8, 4) is 0 Å². The number of hydrogen-bond acceptors (Lipinski definition) is 3. The minimum Gasteiger partial charge on any atom is -0.395 e. The number of nitrogens with one attached hydrogen (secondary N) is 1. The Bertz CT molecular complexity index is 355. The maximum atomic E-state index is 9.21. The Kier molecular flexibility index (Phi) is 6.34. The maximum Gasteiger partial charge on any atom is 0.0564 e. The topological polar surface area (TPSA) is 32.3 Å². The minimum absolute atomic E-state index is 0.203. The molecule has 17 heavy (non-hydrogen) atoms. The van der Waals surface area contributed by atoms with Crippen LogP contribution >= 0.6 is 23.4 Å². The largest absolute Gasteiger partial charge is 0.395 e. The molecule has 2 unspecified atom stereocenters. The Morgan fingerprint density at radius 1 is 1.47 bits per heavy atom. The van der Waals surface area contributed by atoms with Crippen molar-refractivity contribution < 1.29 is 5.11 Å². The van der Waals surface area contributed by atoms with E-state index in [1.54, 1.807) is 11.8 Å². The summed E-state index contributed by atoms with van der Waals surface area (Å²) in [6.07, 6.45) is 2.02. The second kappa shape index (κ2) is 7.27. The van der Waals surface area contributed by atoms with Crippen molar-refractivity contribution in [2.75, 3.05) is 12.9 Å². The van der Waals surface area contributed by atoms with Crippen LogP contribution < -0.4 is 5.32 Å². The Labute approximate surface area is 113 Å². The number of thioether (sulfide) groups is 1. The lowest BCUT2D eigenvalue weighted by atomic mass is 10.1. The summed E-state index contributed by atoms with van der Waals surface area (Å²) in [4.78, 5) is 0. The molecular weight excluding hydrogens is 254 g/mol. The van der Waals surface area contributed by atoms with E-state index >= 15 is 0 Å². The molecule has 0 aliphatic heterocycles. The number of halogens is 1. The number of rotatable bonds is 6. The Morgan fingerprint density at radius 2 is 2.18 bits per heavy atom. The summed E-state index contributed by atoms with van der Waals surface area (Å²) in [7, 11) is 0. The molecule has 2 nitrogen and oxygen atoms in total. The van der Waals surface area contributed by atoms with Crippen LogP contribution in [-0.2, 0) is 6.54 Å². The molecule has 0 bridgehead atoms. The standard InChI is InChI=1S/C13H20ClNOS/c1-9-6-12(14)5-4-11(9)7-15-10(2)13(8-16)17-3/h4-6,10,13,15-16H,7-8H2,1-3H3. The van der Waals surface area contributed by atoms with E-state index in [9.17, 15) is 5.11 Å². The van der Waals surface area contributed by atoms with E-state index in [0.29, 0.717) is 0 Å². The quantitative estimate of drug-likeness (QED) is 0.836. The van der Waals surface area contributed by atoms with Gasteiger partial charge in [-0.15, -0.1) is 0 Å². The molecule has 0 radical (unpaired) electrons. The van der Waals surface area contributed by atoms with Crippen molar-refractivity contribution in [2.45, 2.75) is 31.7 Å². The summed E-state index contributed by atoms with van der Waals surface area (Å²) in [5, 5.41) is 13.7. The fourth-order valence-electron chi connectivity index (χ4n) is 1.70. The van der Waals surface area contributed by atoms with E-state index in [1.807, 2.05) is 24.5 Å². The zero-order valence-corrected chi connectivity index (χ0v) is 12.1. The van der Waals surface area contributed by atoms with Gasteiger partial charge in [0.25, 0.3) is 0 Å². The first-order valence-electron chi connectivity index (χ1n) is 5.70. The molecule has 0 heterocycles. The first-order chi connectivity index (χ1) is 8.08. The van der Waals surface area contributed by atoms with E-state index in [4.69, 9.17) is 11.6 Å². The molecule has 1 aromatic rings. The molecule has 0 saturated heterocycles. The molecule has 0 aromatic heterocycles. The molecular formula is C13H20ClNOS. The van der Waals surface area contributed by atoms with Crippen LogP contribution in [0.1, 0.15) is 18.1 Å². The number of benzene rings is 1. The predicted molar refractivity (Wildman–Crippen MR) is 76.9 cm³/mol. The van der Waals surface area contributed by atoms with Crippen molar-refractivity contribution in [1.29, 1.82) is 0 Å². The average molecular weight is 274 g/mol. The molecule has 1 rings (SSSR count). The number of aliphatic hydroxyl groups is 1. The van der Waals surface area contributed by atoms with Crippen molar-refractivity contribution >= 4 is 23.4 Å². The van der Waals surface area contributed by atoms with Crippen LogP contribution in [0, 0.1) is 6.92 Å². The van der Waals surface area contributed by atoms with Crippen molar-refractivity contribution in [3.63, 3.8) is 0 Å². The summed E-state index contributed by atoms with van der Waals surface area (Å²) >= 11 is 7.60. The summed E-state index contributed by atoms with van der Waals surface area (Å²) in [6, 6.07) is 6.21. The molecule has 0 amide bonds. The van der Waals surface area contributed by atoms with Crippen molar-refractivity contribution in [3.05, 3.63) is 34.3 Å². The lowest BCUT2D eigenvalue weighted by molar-refractivity contribution is 0.276. The van der Waals surface area contributed by atoms with E-state index < -0.39 is 0 Å². The van der Waals surface area contributed by atoms with Crippen molar-refractivity contribution in [2.24, 2.45) is 0 Å². The highest BCUT2D eigenvalue weighted by molar-refractivity contribution is 7.99. The van der Waals surface area contributed by atoms with E-state index in [2.05, 4.69) is 19.2 Å². The van der Waals surface area contributed by atoms with Gasteiger partial charge < -0.3 is 10.4 Å². The second-order valence-electron chi connectivity index (χ2n) is 4.20. The monoisotopic (exact) mass is 273 g/mol. The molecule has 0 saturated carbocycles. The molecule has 2 N–H and O–H groups in total. The van der Waals surface area contributed by atoms with Gasteiger partial charge in [0.2, 0.25) is 0 Å². The summed E-state index contributed by atoms with van der Waals surface area (Å²) < 4.78 is 0. The molecule has 4 heteroatoms. The fraction of sp³-hybridized carbons (Fsp3) is 0.538. The number of hydrogen-bond donors (Lipinski definition) is 2. The Morgan fingerprint density at radius 3 is 2.71 bits per heavy atom. The van der Waals surface area contributed by atoms with Crippen LogP contribution in [0.3, 0.4) is 0 Å². The summed E-state index contributed by atoms with van der Waals surface area (Å²) in [5.41, 5.74) is 2.45. The SMILES string of the molecule is CSC(CO)C(C)NCc1ccc(Cl)cc1C. The lowest BCUT2D eigenvalue weighted by Gasteiger charge is -2.21. The van der Waals surface area contributed by atoms with Gasteiger partial charge in [-0.05, 0) is 43.4 Å². The third-order valence-corrected chi connectivity index (χ3v) is 4.36. The van der Waals surface area contributed by atoms with Gasteiger partial charge in [0.15, 0.2) is 0 Å². The first-order valence-corrected chi connectivity index (χ1v) is 7.37. The van der Waals surface area contributed by atoms with E-state index in [-0.39, 0.29) is 17.9 Å². The van der Waals surface area contributed by atoms with E-state index in [0.717, 1.165) is 11.6 Å².